The van der Waals surface area contributed by atoms with Gasteiger partial charge in [0.2, 0.25) is 11.8 Å². The van der Waals surface area contributed by atoms with Gasteiger partial charge in [0.25, 0.3) is 0 Å². The first kappa shape index (κ1) is 20.8. The maximum Gasteiger partial charge on any atom is 0.241 e. The summed E-state index contributed by atoms with van der Waals surface area (Å²) in [5.74, 6) is 0.299. The fraction of sp³-hybridized carbons (Fsp3) is 0.619. The third-order valence-corrected chi connectivity index (χ3v) is 5.57. The lowest BCUT2D eigenvalue weighted by Crippen LogP contribution is -2.54. The standard InChI is InChI=1S/C21H32N4O3/c1-3-25(19-7-5-4-6-18(19)2)21(27)17-22-8-10-24(11-9-22)20(26)16-23-12-14-28-15-13-23/h4-7H,3,8-17H2,1-2H3. The molecule has 0 radical (unpaired) electrons. The van der Waals surface area contributed by atoms with Gasteiger partial charge in [-0.15, -0.1) is 0 Å². The molecule has 7 nitrogen and oxygen atoms in total. The lowest BCUT2D eigenvalue weighted by atomic mass is 10.1. The summed E-state index contributed by atoms with van der Waals surface area (Å²) in [6, 6.07) is 7.99. The van der Waals surface area contributed by atoms with Crippen LogP contribution in [0.15, 0.2) is 24.3 Å². The minimum atomic E-state index is 0.116. The molecule has 2 aliphatic rings. The number of ether oxygens (including phenoxy) is 1. The number of likely N-dealkylation sites (N-methyl/N-ethyl adjacent to an activating group) is 1. The van der Waals surface area contributed by atoms with Gasteiger partial charge in [0.05, 0.1) is 26.3 Å². The van der Waals surface area contributed by atoms with Crippen LogP contribution in [0.2, 0.25) is 0 Å². The van der Waals surface area contributed by atoms with Crippen LogP contribution in [0.25, 0.3) is 0 Å². The van der Waals surface area contributed by atoms with Gasteiger partial charge in [0.15, 0.2) is 0 Å². The zero-order valence-electron chi connectivity index (χ0n) is 17.1. The van der Waals surface area contributed by atoms with E-state index in [9.17, 15) is 9.59 Å². The number of anilines is 1. The zero-order chi connectivity index (χ0) is 19.9. The Bertz CT molecular complexity index is 667. The molecule has 0 spiro atoms. The van der Waals surface area contributed by atoms with Crippen molar-refractivity contribution in [3.05, 3.63) is 29.8 Å². The van der Waals surface area contributed by atoms with E-state index in [0.29, 0.717) is 45.9 Å². The molecule has 1 aromatic carbocycles. The molecule has 0 saturated carbocycles. The Kier molecular flexibility index (Phi) is 7.42. The van der Waals surface area contributed by atoms with Crippen LogP contribution in [0.5, 0.6) is 0 Å². The van der Waals surface area contributed by atoms with Crippen molar-refractivity contribution in [2.45, 2.75) is 13.8 Å². The number of amides is 2. The minimum absolute atomic E-state index is 0.116. The van der Waals surface area contributed by atoms with Crippen molar-refractivity contribution in [2.24, 2.45) is 0 Å². The van der Waals surface area contributed by atoms with Crippen molar-refractivity contribution in [3.8, 4) is 0 Å². The monoisotopic (exact) mass is 388 g/mol. The third kappa shape index (κ3) is 5.31. The molecule has 0 aromatic heterocycles. The first-order valence-corrected chi connectivity index (χ1v) is 10.2. The largest absolute Gasteiger partial charge is 0.379 e. The van der Waals surface area contributed by atoms with Gasteiger partial charge < -0.3 is 14.5 Å². The molecule has 0 N–H and O–H groups in total. The van der Waals surface area contributed by atoms with E-state index in [4.69, 9.17) is 4.74 Å². The van der Waals surface area contributed by atoms with Crippen molar-refractivity contribution >= 4 is 17.5 Å². The number of aryl methyl sites for hydroxylation is 1. The lowest BCUT2D eigenvalue weighted by molar-refractivity contribution is -0.135. The molecule has 0 unspecified atom stereocenters. The number of hydrogen-bond donors (Lipinski definition) is 0. The van der Waals surface area contributed by atoms with Crippen LogP contribution in [-0.2, 0) is 14.3 Å². The van der Waals surface area contributed by atoms with Crippen LogP contribution in [0, 0.1) is 6.92 Å². The van der Waals surface area contributed by atoms with Crippen molar-refractivity contribution < 1.29 is 14.3 Å². The highest BCUT2D eigenvalue weighted by atomic mass is 16.5. The molecule has 0 atom stereocenters. The van der Waals surface area contributed by atoms with Gasteiger partial charge in [-0.1, -0.05) is 18.2 Å². The van der Waals surface area contributed by atoms with E-state index in [-0.39, 0.29) is 11.8 Å². The quantitative estimate of drug-likeness (QED) is 0.722. The molecular formula is C21H32N4O3. The smallest absolute Gasteiger partial charge is 0.241 e. The predicted octanol–water partition coefficient (Wildman–Crippen LogP) is 0.824. The highest BCUT2D eigenvalue weighted by molar-refractivity contribution is 5.95. The average molecular weight is 389 g/mol. The average Bonchev–Trinajstić information content (AvgIpc) is 2.71. The molecule has 154 valence electrons. The van der Waals surface area contributed by atoms with Gasteiger partial charge in [-0.3, -0.25) is 19.4 Å². The van der Waals surface area contributed by atoms with E-state index in [1.54, 1.807) is 0 Å². The van der Waals surface area contributed by atoms with E-state index in [2.05, 4.69) is 9.80 Å². The van der Waals surface area contributed by atoms with Crippen LogP contribution in [0.4, 0.5) is 5.69 Å². The fourth-order valence-electron chi connectivity index (χ4n) is 3.83. The molecule has 2 heterocycles. The van der Waals surface area contributed by atoms with E-state index in [0.717, 1.165) is 37.4 Å². The molecule has 0 aliphatic carbocycles. The van der Waals surface area contributed by atoms with E-state index >= 15 is 0 Å². The minimum Gasteiger partial charge on any atom is -0.379 e. The fourth-order valence-corrected chi connectivity index (χ4v) is 3.83. The molecular weight excluding hydrogens is 356 g/mol. The second-order valence-electron chi connectivity index (χ2n) is 7.47. The van der Waals surface area contributed by atoms with Crippen molar-refractivity contribution in [1.29, 1.82) is 0 Å². The maximum atomic E-state index is 12.9. The van der Waals surface area contributed by atoms with Crippen molar-refractivity contribution in [2.75, 3.05) is 77.0 Å². The van der Waals surface area contributed by atoms with Crippen LogP contribution < -0.4 is 4.90 Å². The third-order valence-electron chi connectivity index (χ3n) is 5.57. The van der Waals surface area contributed by atoms with Gasteiger partial charge in [-0.2, -0.15) is 0 Å². The van der Waals surface area contributed by atoms with Gasteiger partial charge in [-0.05, 0) is 25.5 Å². The first-order valence-electron chi connectivity index (χ1n) is 10.2. The number of piperazine rings is 1. The van der Waals surface area contributed by atoms with Gasteiger partial charge in [0.1, 0.15) is 0 Å². The molecule has 2 aliphatic heterocycles. The Morgan fingerprint density at radius 2 is 1.61 bits per heavy atom. The summed E-state index contributed by atoms with van der Waals surface area (Å²) in [5.41, 5.74) is 2.09. The van der Waals surface area contributed by atoms with Gasteiger partial charge in [-0.25, -0.2) is 0 Å². The number of hydrogen-bond acceptors (Lipinski definition) is 5. The Balaban J connectivity index is 1.47. The van der Waals surface area contributed by atoms with Crippen LogP contribution in [0.1, 0.15) is 12.5 Å². The number of nitrogens with zero attached hydrogens (tertiary/aromatic N) is 4. The SMILES string of the molecule is CCN(C(=O)CN1CCN(C(=O)CN2CCOCC2)CC1)c1ccccc1C. The number of morpholine rings is 1. The maximum absolute atomic E-state index is 12.9. The highest BCUT2D eigenvalue weighted by Crippen LogP contribution is 2.19. The Morgan fingerprint density at radius 1 is 0.964 bits per heavy atom. The number of carbonyl (C=O) groups is 2. The van der Waals surface area contributed by atoms with Crippen LogP contribution >= 0.6 is 0 Å². The highest BCUT2D eigenvalue weighted by Gasteiger charge is 2.26. The summed E-state index contributed by atoms with van der Waals surface area (Å²) >= 11 is 0. The number of para-hydroxylation sites is 1. The summed E-state index contributed by atoms with van der Waals surface area (Å²) in [7, 11) is 0. The molecule has 2 amide bonds. The first-order chi connectivity index (χ1) is 13.6. The number of carbonyl (C=O) groups excluding carboxylic acids is 2. The molecule has 7 heteroatoms. The second-order valence-corrected chi connectivity index (χ2v) is 7.47. The summed E-state index contributed by atoms with van der Waals surface area (Å²) in [4.78, 5) is 33.5. The number of benzene rings is 1. The number of rotatable bonds is 6. The van der Waals surface area contributed by atoms with Crippen LogP contribution in [0.3, 0.4) is 0 Å². The van der Waals surface area contributed by atoms with Crippen molar-refractivity contribution in [1.82, 2.24) is 14.7 Å². The summed E-state index contributed by atoms with van der Waals surface area (Å²) in [5, 5.41) is 0. The van der Waals surface area contributed by atoms with E-state index in [1.807, 2.05) is 47.9 Å². The zero-order valence-corrected chi connectivity index (χ0v) is 17.1. The van der Waals surface area contributed by atoms with Gasteiger partial charge in [0, 0.05) is 51.5 Å². The summed E-state index contributed by atoms with van der Waals surface area (Å²) < 4.78 is 5.34. The van der Waals surface area contributed by atoms with Gasteiger partial charge >= 0.3 is 0 Å². The predicted molar refractivity (Wildman–Crippen MR) is 109 cm³/mol. The second kappa shape index (κ2) is 10.0. The van der Waals surface area contributed by atoms with Crippen molar-refractivity contribution in [3.63, 3.8) is 0 Å². The van der Waals surface area contributed by atoms with E-state index in [1.165, 1.54) is 0 Å². The molecule has 2 saturated heterocycles. The normalized spacial score (nSPS) is 18.9. The van der Waals surface area contributed by atoms with Crippen LogP contribution in [-0.4, -0.2) is 98.6 Å². The summed E-state index contributed by atoms with van der Waals surface area (Å²) in [6.07, 6.45) is 0. The molecule has 2 fully saturated rings. The lowest BCUT2D eigenvalue weighted by Gasteiger charge is -2.36. The molecule has 28 heavy (non-hydrogen) atoms. The molecule has 0 bridgehead atoms. The molecule has 1 aromatic rings. The summed E-state index contributed by atoms with van der Waals surface area (Å²) in [6.45, 7) is 11.5. The Labute approximate surface area is 167 Å². The van der Waals surface area contributed by atoms with E-state index < -0.39 is 0 Å². The topological polar surface area (TPSA) is 56.3 Å². The Morgan fingerprint density at radius 3 is 2.25 bits per heavy atom. The molecule has 3 rings (SSSR count). The Hall–Kier alpha value is -1.96.